The molecule has 1 aromatic heterocycles. The predicted octanol–water partition coefficient (Wildman–Crippen LogP) is 2.54. The highest BCUT2D eigenvalue weighted by molar-refractivity contribution is 5.77. The number of aromatic nitrogens is 1. The maximum atomic E-state index is 5.97. The summed E-state index contributed by atoms with van der Waals surface area (Å²) in [4.78, 5) is 11.1. The van der Waals surface area contributed by atoms with E-state index in [9.17, 15) is 0 Å². The first-order valence-corrected chi connectivity index (χ1v) is 8.95. The zero-order chi connectivity index (χ0) is 17.6. The number of hydrogen-bond donors (Lipinski definition) is 2. The van der Waals surface area contributed by atoms with Gasteiger partial charge in [0.05, 0.1) is 6.20 Å². The lowest BCUT2D eigenvalue weighted by atomic mass is 10.1. The van der Waals surface area contributed by atoms with Crippen molar-refractivity contribution >= 4 is 5.96 Å². The molecule has 1 aromatic carbocycles. The minimum absolute atomic E-state index is 0.340. The molecule has 2 aromatic rings. The van der Waals surface area contributed by atoms with E-state index >= 15 is 0 Å². The number of aliphatic imine (C=N–C) groups is 1. The van der Waals surface area contributed by atoms with Crippen molar-refractivity contribution in [3.63, 3.8) is 0 Å². The Bertz CT molecular complexity index is 707. The molecule has 2 heterocycles. The molecule has 134 valence electrons. The first kappa shape index (κ1) is 17.5. The van der Waals surface area contributed by atoms with E-state index in [1.807, 2.05) is 12.1 Å². The molecule has 0 aliphatic carbocycles. The largest absolute Gasteiger partial charge is 0.439 e. The zero-order valence-corrected chi connectivity index (χ0v) is 15.0. The van der Waals surface area contributed by atoms with Crippen molar-refractivity contribution in [3.8, 4) is 11.3 Å². The lowest BCUT2D eigenvalue weighted by Crippen LogP contribution is -2.42. The molecule has 3 N–H and O–H groups in total. The number of hydrogen-bond acceptors (Lipinski definition) is 4. The maximum absolute atomic E-state index is 5.97. The molecule has 6 nitrogen and oxygen atoms in total. The second kappa shape index (κ2) is 8.16. The van der Waals surface area contributed by atoms with Crippen molar-refractivity contribution in [2.45, 2.75) is 39.3 Å². The van der Waals surface area contributed by atoms with Crippen molar-refractivity contribution in [2.75, 3.05) is 19.6 Å². The fourth-order valence-corrected chi connectivity index (χ4v) is 3.21. The molecule has 1 fully saturated rings. The molecule has 1 unspecified atom stereocenters. The Morgan fingerprint density at radius 1 is 1.40 bits per heavy atom. The number of guanidine groups is 1. The van der Waals surface area contributed by atoms with Gasteiger partial charge in [0.1, 0.15) is 6.54 Å². The Morgan fingerprint density at radius 3 is 2.96 bits per heavy atom. The fourth-order valence-electron chi connectivity index (χ4n) is 3.21. The van der Waals surface area contributed by atoms with Crippen LogP contribution in [0.25, 0.3) is 11.3 Å². The monoisotopic (exact) mass is 341 g/mol. The topological polar surface area (TPSA) is 79.7 Å². The van der Waals surface area contributed by atoms with Gasteiger partial charge in [-0.25, -0.2) is 9.98 Å². The Hall–Kier alpha value is -2.34. The van der Waals surface area contributed by atoms with Crippen LogP contribution in [0.5, 0.6) is 0 Å². The summed E-state index contributed by atoms with van der Waals surface area (Å²) in [6.07, 6.45) is 4.21. The van der Waals surface area contributed by atoms with E-state index < -0.39 is 0 Å². The summed E-state index contributed by atoms with van der Waals surface area (Å²) in [5.41, 5.74) is 8.20. The average molecular weight is 341 g/mol. The predicted molar refractivity (Wildman–Crippen MR) is 100 cm³/mol. The highest BCUT2D eigenvalue weighted by Gasteiger charge is 2.22. The number of rotatable bonds is 6. The van der Waals surface area contributed by atoms with E-state index in [1.54, 1.807) is 6.20 Å². The fraction of sp³-hybridized carbons (Fsp3) is 0.474. The van der Waals surface area contributed by atoms with Gasteiger partial charge in [-0.3, -0.25) is 4.90 Å². The zero-order valence-electron chi connectivity index (χ0n) is 15.0. The summed E-state index contributed by atoms with van der Waals surface area (Å²) < 4.78 is 5.76. The summed E-state index contributed by atoms with van der Waals surface area (Å²) >= 11 is 0. The van der Waals surface area contributed by atoms with Gasteiger partial charge in [0, 0.05) is 18.2 Å². The van der Waals surface area contributed by atoms with Crippen LogP contribution in [0.15, 0.2) is 39.9 Å². The molecule has 0 spiro atoms. The summed E-state index contributed by atoms with van der Waals surface area (Å²) in [7, 11) is 0. The van der Waals surface area contributed by atoms with Crippen LogP contribution in [-0.2, 0) is 6.54 Å². The van der Waals surface area contributed by atoms with Crippen LogP contribution in [0.4, 0.5) is 0 Å². The Balaban J connectivity index is 1.52. The number of benzene rings is 1. The van der Waals surface area contributed by atoms with Gasteiger partial charge in [0.25, 0.3) is 0 Å². The molecule has 0 bridgehead atoms. The molecule has 0 amide bonds. The van der Waals surface area contributed by atoms with Crippen LogP contribution in [0.1, 0.15) is 31.2 Å². The summed E-state index contributed by atoms with van der Waals surface area (Å²) in [5, 5.41) is 3.22. The normalized spacial score (nSPS) is 18.6. The SMILES string of the molecule is CCN1CCCC1CNC(N)=NCc1ncc(-c2ccc(C)cc2)o1. The molecule has 0 radical (unpaired) electrons. The third kappa shape index (κ3) is 4.60. The summed E-state index contributed by atoms with van der Waals surface area (Å²) in [6.45, 7) is 7.70. The van der Waals surface area contributed by atoms with E-state index in [0.717, 1.165) is 24.4 Å². The molecule has 1 atom stereocenters. The van der Waals surface area contributed by atoms with Crippen LogP contribution >= 0.6 is 0 Å². The molecular formula is C19H27N5O. The van der Waals surface area contributed by atoms with E-state index in [2.05, 4.69) is 46.2 Å². The van der Waals surface area contributed by atoms with E-state index in [-0.39, 0.29) is 0 Å². The number of oxazole rings is 1. The van der Waals surface area contributed by atoms with Gasteiger partial charge >= 0.3 is 0 Å². The van der Waals surface area contributed by atoms with Crippen LogP contribution in [0, 0.1) is 6.92 Å². The van der Waals surface area contributed by atoms with E-state index in [4.69, 9.17) is 10.2 Å². The van der Waals surface area contributed by atoms with E-state index in [0.29, 0.717) is 24.4 Å². The Labute approximate surface area is 149 Å². The van der Waals surface area contributed by atoms with Crippen molar-refractivity contribution in [1.82, 2.24) is 15.2 Å². The van der Waals surface area contributed by atoms with Gasteiger partial charge < -0.3 is 15.5 Å². The number of aryl methyl sites for hydroxylation is 1. The van der Waals surface area contributed by atoms with Crippen LogP contribution < -0.4 is 11.1 Å². The first-order valence-electron chi connectivity index (χ1n) is 8.95. The van der Waals surface area contributed by atoms with Gasteiger partial charge in [-0.15, -0.1) is 0 Å². The first-order chi connectivity index (χ1) is 12.2. The second-order valence-corrected chi connectivity index (χ2v) is 6.49. The van der Waals surface area contributed by atoms with Gasteiger partial charge in [-0.2, -0.15) is 0 Å². The Morgan fingerprint density at radius 2 is 2.20 bits per heavy atom. The average Bonchev–Trinajstić information content (AvgIpc) is 3.27. The smallest absolute Gasteiger partial charge is 0.216 e. The molecule has 6 heteroatoms. The molecular weight excluding hydrogens is 314 g/mol. The molecule has 3 rings (SSSR count). The van der Waals surface area contributed by atoms with Gasteiger partial charge in [-0.05, 0) is 32.9 Å². The molecule has 1 saturated heterocycles. The summed E-state index contributed by atoms with van der Waals surface area (Å²) in [6, 6.07) is 8.72. The lowest BCUT2D eigenvalue weighted by Gasteiger charge is -2.23. The molecule has 1 aliphatic rings. The van der Waals surface area contributed by atoms with Gasteiger partial charge in [0.2, 0.25) is 5.89 Å². The number of nitrogens with zero attached hydrogens (tertiary/aromatic N) is 3. The van der Waals surface area contributed by atoms with Crippen molar-refractivity contribution in [3.05, 3.63) is 41.9 Å². The Kier molecular flexibility index (Phi) is 5.71. The summed E-state index contributed by atoms with van der Waals surface area (Å²) in [5.74, 6) is 1.76. The van der Waals surface area contributed by atoms with Gasteiger partial charge in [0.15, 0.2) is 11.7 Å². The standard InChI is InChI=1S/C19H27N5O/c1-3-24-10-4-5-16(24)11-22-19(20)23-13-18-21-12-17(25-18)15-8-6-14(2)7-9-15/h6-9,12,16H,3-5,10-11,13H2,1-2H3,(H3,20,22,23). The third-order valence-electron chi connectivity index (χ3n) is 4.70. The number of likely N-dealkylation sites (tertiary alicyclic amines) is 1. The molecule has 0 saturated carbocycles. The van der Waals surface area contributed by atoms with Crippen molar-refractivity contribution in [1.29, 1.82) is 0 Å². The van der Waals surface area contributed by atoms with Crippen molar-refractivity contribution in [2.24, 2.45) is 10.7 Å². The van der Waals surface area contributed by atoms with Gasteiger partial charge in [-0.1, -0.05) is 36.8 Å². The highest BCUT2D eigenvalue weighted by atomic mass is 16.4. The quantitative estimate of drug-likeness (QED) is 0.623. The van der Waals surface area contributed by atoms with Crippen molar-refractivity contribution < 1.29 is 4.42 Å². The minimum Gasteiger partial charge on any atom is -0.439 e. The third-order valence-corrected chi connectivity index (χ3v) is 4.70. The number of nitrogens with two attached hydrogens (primary N) is 1. The maximum Gasteiger partial charge on any atom is 0.216 e. The van der Waals surface area contributed by atoms with Crippen LogP contribution in [0.2, 0.25) is 0 Å². The van der Waals surface area contributed by atoms with E-state index in [1.165, 1.54) is 24.9 Å². The lowest BCUT2D eigenvalue weighted by molar-refractivity contribution is 0.267. The number of nitrogens with one attached hydrogen (secondary N) is 1. The second-order valence-electron chi connectivity index (χ2n) is 6.49. The highest BCUT2D eigenvalue weighted by Crippen LogP contribution is 2.21. The van der Waals surface area contributed by atoms with Crippen LogP contribution in [0.3, 0.4) is 0 Å². The van der Waals surface area contributed by atoms with Crippen LogP contribution in [-0.4, -0.2) is 41.5 Å². The molecule has 25 heavy (non-hydrogen) atoms. The molecule has 1 aliphatic heterocycles. The number of likely N-dealkylation sites (N-methyl/N-ethyl adjacent to an activating group) is 1. The minimum atomic E-state index is 0.340.